The quantitative estimate of drug-likeness (QED) is 0.274. The zero-order valence-electron chi connectivity index (χ0n) is 25.1. The summed E-state index contributed by atoms with van der Waals surface area (Å²) in [7, 11) is 3.84. The molecule has 6 rings (SSSR count). The maximum absolute atomic E-state index is 11.1. The molecule has 3 aromatic heterocycles. The van der Waals surface area contributed by atoms with E-state index in [1.807, 2.05) is 24.3 Å². The monoisotopic (exact) mass is 588 g/mol. The number of methoxy groups -OCH3 is 1. The van der Waals surface area contributed by atoms with E-state index in [1.54, 1.807) is 13.2 Å². The molecule has 1 aliphatic heterocycles. The van der Waals surface area contributed by atoms with Crippen LogP contribution in [0.15, 0.2) is 41.1 Å². The number of aromatic nitrogens is 4. The number of nitrogen functional groups attached to an aromatic ring is 1. The van der Waals surface area contributed by atoms with Crippen LogP contribution in [0.4, 0.5) is 11.5 Å². The van der Waals surface area contributed by atoms with Crippen molar-refractivity contribution in [2.45, 2.75) is 57.8 Å². The van der Waals surface area contributed by atoms with Crippen LogP contribution in [0.25, 0.3) is 22.3 Å². The van der Waals surface area contributed by atoms with Crippen molar-refractivity contribution in [3.63, 3.8) is 0 Å². The van der Waals surface area contributed by atoms with E-state index in [4.69, 9.17) is 24.7 Å². The molecule has 1 saturated carbocycles. The molecule has 228 valence electrons. The highest BCUT2D eigenvalue weighted by Crippen LogP contribution is 2.39. The van der Waals surface area contributed by atoms with Crippen LogP contribution in [0, 0.1) is 0 Å². The van der Waals surface area contributed by atoms with E-state index in [1.165, 1.54) is 13.3 Å². The van der Waals surface area contributed by atoms with Gasteiger partial charge in [-0.2, -0.15) is 5.10 Å². The molecular weight excluding hydrogens is 548 g/mol. The second kappa shape index (κ2) is 12.6. The van der Waals surface area contributed by atoms with E-state index in [2.05, 4.69) is 36.8 Å². The highest BCUT2D eigenvalue weighted by Gasteiger charge is 2.30. The molecule has 2 aliphatic rings. The van der Waals surface area contributed by atoms with Crippen LogP contribution in [0.5, 0.6) is 5.75 Å². The molecule has 0 unspecified atom stereocenters. The second-order valence-electron chi connectivity index (χ2n) is 11.5. The Bertz CT molecular complexity index is 1570. The average Bonchev–Trinajstić information content (AvgIpc) is 3.65. The third-order valence-corrected chi connectivity index (χ3v) is 8.65. The molecule has 1 aliphatic carbocycles. The molecule has 0 atom stereocenters. The van der Waals surface area contributed by atoms with Crippen LogP contribution < -0.4 is 15.8 Å². The standard InChI is InChI=1S/C31H40N8O4/c1-20(40)42-18-25-10-9-24(43-25)17-33-26-11-4-21(16-27(26)41-3)29-28-30(32)34-19-35-31(28)39(36-29)23-7-5-22(6-8-23)38-14-12-37(2)13-15-38/h4,9-11,16,19,22-23,33H,5-8,12-15,17-18H2,1-3H3,(H2,32,34,35)/t22-,23+. The number of piperazine rings is 1. The fraction of sp³-hybridized carbons (Fsp3) is 0.484. The summed E-state index contributed by atoms with van der Waals surface area (Å²) in [5.74, 6) is 2.03. The highest BCUT2D eigenvalue weighted by atomic mass is 16.5. The van der Waals surface area contributed by atoms with Gasteiger partial charge in [0.2, 0.25) is 0 Å². The van der Waals surface area contributed by atoms with Crippen LogP contribution in [-0.4, -0.2) is 81.9 Å². The van der Waals surface area contributed by atoms with Crippen molar-refractivity contribution in [2.75, 3.05) is 51.4 Å². The van der Waals surface area contributed by atoms with Gasteiger partial charge in [-0.15, -0.1) is 0 Å². The zero-order valence-corrected chi connectivity index (χ0v) is 25.1. The number of carbonyl (C=O) groups is 1. The Morgan fingerprint density at radius 2 is 1.79 bits per heavy atom. The third kappa shape index (κ3) is 6.30. The molecular formula is C31H40N8O4. The van der Waals surface area contributed by atoms with Crippen molar-refractivity contribution in [3.8, 4) is 17.0 Å². The van der Waals surface area contributed by atoms with Crippen molar-refractivity contribution in [3.05, 3.63) is 48.2 Å². The summed E-state index contributed by atoms with van der Waals surface area (Å²) in [5.41, 5.74) is 9.63. The molecule has 0 radical (unpaired) electrons. The number of ether oxygens (including phenoxy) is 2. The van der Waals surface area contributed by atoms with Crippen LogP contribution >= 0.6 is 0 Å². The molecule has 3 N–H and O–H groups in total. The first kappa shape index (κ1) is 28.9. The summed E-state index contributed by atoms with van der Waals surface area (Å²) < 4.78 is 18.6. The summed E-state index contributed by atoms with van der Waals surface area (Å²) in [6.07, 6.45) is 5.94. The molecule has 12 heteroatoms. The number of nitrogens with one attached hydrogen (secondary N) is 1. The Kier molecular flexibility index (Phi) is 8.48. The van der Waals surface area contributed by atoms with Crippen molar-refractivity contribution in [1.82, 2.24) is 29.5 Å². The number of esters is 1. The fourth-order valence-corrected chi connectivity index (χ4v) is 6.24. The van der Waals surface area contributed by atoms with E-state index in [9.17, 15) is 4.79 Å². The topological polar surface area (TPSA) is 137 Å². The van der Waals surface area contributed by atoms with Gasteiger partial charge in [0.25, 0.3) is 0 Å². The average molecular weight is 589 g/mol. The van der Waals surface area contributed by atoms with Gasteiger partial charge in [-0.3, -0.25) is 9.69 Å². The Morgan fingerprint density at radius 3 is 2.53 bits per heavy atom. The van der Waals surface area contributed by atoms with Crippen molar-refractivity contribution < 1.29 is 18.7 Å². The van der Waals surface area contributed by atoms with E-state index < -0.39 is 0 Å². The molecule has 2 fully saturated rings. The molecule has 1 aromatic carbocycles. The Labute approximate surface area is 251 Å². The number of fused-ring (bicyclic) bond motifs is 1. The van der Waals surface area contributed by atoms with E-state index >= 15 is 0 Å². The predicted octanol–water partition coefficient (Wildman–Crippen LogP) is 4.08. The molecule has 0 amide bonds. The molecule has 0 spiro atoms. The minimum Gasteiger partial charge on any atom is -0.495 e. The Morgan fingerprint density at radius 1 is 1.05 bits per heavy atom. The first-order chi connectivity index (χ1) is 20.9. The Hall–Kier alpha value is -4.16. The van der Waals surface area contributed by atoms with Crippen molar-refractivity contribution >= 4 is 28.5 Å². The number of rotatable bonds is 9. The summed E-state index contributed by atoms with van der Waals surface area (Å²) >= 11 is 0. The summed E-state index contributed by atoms with van der Waals surface area (Å²) in [6, 6.07) is 10.5. The number of nitrogens with zero attached hydrogens (tertiary/aromatic N) is 6. The highest BCUT2D eigenvalue weighted by molar-refractivity contribution is 5.98. The smallest absolute Gasteiger partial charge is 0.303 e. The number of anilines is 2. The summed E-state index contributed by atoms with van der Waals surface area (Å²) in [5, 5.41) is 9.24. The van der Waals surface area contributed by atoms with Crippen LogP contribution in [0.2, 0.25) is 0 Å². The lowest BCUT2D eigenvalue weighted by Crippen LogP contribution is -2.49. The summed E-state index contributed by atoms with van der Waals surface area (Å²) in [6.45, 7) is 6.50. The van der Waals surface area contributed by atoms with E-state index in [0.717, 1.165) is 79.8 Å². The first-order valence-electron chi connectivity index (χ1n) is 14.9. The number of nitrogens with two attached hydrogens (primary N) is 1. The van der Waals surface area contributed by atoms with Crippen LogP contribution in [-0.2, 0) is 22.7 Å². The third-order valence-electron chi connectivity index (χ3n) is 8.65. The molecule has 43 heavy (non-hydrogen) atoms. The van der Waals surface area contributed by atoms with Gasteiger partial charge >= 0.3 is 5.97 Å². The normalized spacial score (nSPS) is 19.9. The van der Waals surface area contributed by atoms with Gasteiger partial charge in [0, 0.05) is 44.7 Å². The number of furan rings is 1. The number of likely N-dealkylation sites (N-methyl/N-ethyl adjacent to an activating group) is 1. The maximum atomic E-state index is 11.1. The van der Waals surface area contributed by atoms with E-state index in [-0.39, 0.29) is 18.6 Å². The van der Waals surface area contributed by atoms with Gasteiger partial charge < -0.3 is 29.8 Å². The van der Waals surface area contributed by atoms with Crippen molar-refractivity contribution in [2.24, 2.45) is 0 Å². The lowest BCUT2D eigenvalue weighted by Gasteiger charge is -2.41. The molecule has 0 bridgehead atoms. The SMILES string of the molecule is COc1cc(-c2nn([C@H]3CC[C@@H](N4CCN(C)CC4)CC3)c3ncnc(N)c23)ccc1NCc1ccc(COC(C)=O)o1. The number of benzene rings is 1. The zero-order chi connectivity index (χ0) is 29.9. The first-order valence-corrected chi connectivity index (χ1v) is 14.9. The van der Waals surface area contributed by atoms with Gasteiger partial charge in [-0.25, -0.2) is 14.6 Å². The van der Waals surface area contributed by atoms with Crippen molar-refractivity contribution in [1.29, 1.82) is 0 Å². The largest absolute Gasteiger partial charge is 0.495 e. The predicted molar refractivity (Wildman–Crippen MR) is 164 cm³/mol. The Balaban J connectivity index is 1.20. The molecule has 12 nitrogen and oxygen atoms in total. The minimum absolute atomic E-state index is 0.110. The fourth-order valence-electron chi connectivity index (χ4n) is 6.24. The van der Waals surface area contributed by atoms with Gasteiger partial charge in [-0.1, -0.05) is 6.07 Å². The molecule has 4 aromatic rings. The maximum Gasteiger partial charge on any atom is 0.303 e. The molecule has 1 saturated heterocycles. The van der Waals surface area contributed by atoms with Gasteiger partial charge in [-0.05, 0) is 57.0 Å². The van der Waals surface area contributed by atoms with E-state index in [0.29, 0.717) is 35.7 Å². The lowest BCUT2D eigenvalue weighted by molar-refractivity contribution is -0.142. The van der Waals surface area contributed by atoms with Crippen LogP contribution in [0.3, 0.4) is 0 Å². The van der Waals surface area contributed by atoms with Gasteiger partial charge in [0.15, 0.2) is 5.65 Å². The second-order valence-corrected chi connectivity index (χ2v) is 11.5. The minimum atomic E-state index is -0.347. The number of carbonyl (C=O) groups excluding carboxylic acids is 1. The van der Waals surface area contributed by atoms with Crippen LogP contribution in [0.1, 0.15) is 50.2 Å². The summed E-state index contributed by atoms with van der Waals surface area (Å²) in [4.78, 5) is 25.1. The lowest BCUT2D eigenvalue weighted by atomic mass is 9.90. The van der Waals surface area contributed by atoms with Gasteiger partial charge in [0.05, 0.1) is 30.8 Å². The van der Waals surface area contributed by atoms with Gasteiger partial charge in [0.1, 0.15) is 41.7 Å². The number of hydrogen-bond acceptors (Lipinski definition) is 11. The molecule has 4 heterocycles. The number of hydrogen-bond donors (Lipinski definition) is 2.